The molecule has 1 aliphatic carbocycles. The van der Waals surface area contributed by atoms with Crippen molar-refractivity contribution < 1.29 is 18.0 Å². The minimum Gasteiger partial charge on any atom is -0.345 e. The number of alkyl halides is 3. The molecule has 1 atom stereocenters. The summed E-state index contributed by atoms with van der Waals surface area (Å²) in [5.74, 6) is -0.766. The molecule has 0 radical (unpaired) electrons. The number of rotatable bonds is 2. The Balaban J connectivity index is 1.81. The van der Waals surface area contributed by atoms with Gasteiger partial charge in [-0.05, 0) is 24.0 Å². The number of carbonyl (C=O) groups excluding carboxylic acids is 1. The first-order chi connectivity index (χ1) is 9.97. The number of benzene rings is 1. The zero-order valence-corrected chi connectivity index (χ0v) is 10.9. The van der Waals surface area contributed by atoms with E-state index in [0.29, 0.717) is 6.42 Å². The second-order valence-corrected chi connectivity index (χ2v) is 4.92. The highest BCUT2D eigenvalue weighted by Gasteiger charge is 2.38. The first kappa shape index (κ1) is 13.7. The molecule has 2 N–H and O–H groups in total. The van der Waals surface area contributed by atoms with Crippen molar-refractivity contribution >= 4 is 5.91 Å². The molecule has 0 saturated carbocycles. The lowest BCUT2D eigenvalue weighted by atomic mass is 10.1. The summed E-state index contributed by atoms with van der Waals surface area (Å²) in [5.41, 5.74) is 0.479. The summed E-state index contributed by atoms with van der Waals surface area (Å²) >= 11 is 0. The van der Waals surface area contributed by atoms with Gasteiger partial charge in [0.1, 0.15) is 0 Å². The van der Waals surface area contributed by atoms with E-state index in [4.69, 9.17) is 0 Å². The van der Waals surface area contributed by atoms with E-state index in [-0.39, 0.29) is 6.04 Å². The third kappa shape index (κ3) is 2.51. The van der Waals surface area contributed by atoms with Gasteiger partial charge in [0, 0.05) is 0 Å². The first-order valence-electron chi connectivity index (χ1n) is 6.46. The van der Waals surface area contributed by atoms with E-state index >= 15 is 0 Å². The Morgan fingerprint density at radius 2 is 2.10 bits per heavy atom. The standard InChI is InChI=1S/C14H12F3N3O/c15-14(16,17)12-10(7-18-20-12)13(21)19-11-6-5-8-3-1-2-4-9(8)11/h1-4,7,11H,5-6H2,(H,18,20)(H,19,21)/t11-/m0/s1. The molecule has 21 heavy (non-hydrogen) atoms. The van der Waals surface area contributed by atoms with Crippen LogP contribution in [-0.2, 0) is 12.6 Å². The van der Waals surface area contributed by atoms with Crippen molar-refractivity contribution in [1.29, 1.82) is 0 Å². The number of aromatic amines is 1. The zero-order chi connectivity index (χ0) is 15.0. The van der Waals surface area contributed by atoms with Gasteiger partial charge in [-0.25, -0.2) is 0 Å². The number of H-pyrrole nitrogens is 1. The van der Waals surface area contributed by atoms with Crippen LogP contribution in [0.25, 0.3) is 0 Å². The van der Waals surface area contributed by atoms with Gasteiger partial charge in [0.25, 0.3) is 5.91 Å². The fourth-order valence-corrected chi connectivity index (χ4v) is 2.62. The molecule has 4 nitrogen and oxygen atoms in total. The first-order valence-corrected chi connectivity index (χ1v) is 6.46. The van der Waals surface area contributed by atoms with Crippen molar-refractivity contribution in [3.63, 3.8) is 0 Å². The van der Waals surface area contributed by atoms with E-state index in [0.717, 1.165) is 23.7 Å². The Kier molecular flexibility index (Phi) is 3.19. The van der Waals surface area contributed by atoms with Crippen LogP contribution in [-0.4, -0.2) is 16.1 Å². The lowest BCUT2D eigenvalue weighted by Crippen LogP contribution is -2.28. The maximum absolute atomic E-state index is 12.7. The molecule has 1 aromatic heterocycles. The molecule has 2 aromatic rings. The van der Waals surface area contributed by atoms with E-state index in [1.807, 2.05) is 29.4 Å². The smallest absolute Gasteiger partial charge is 0.345 e. The molecule has 110 valence electrons. The fraction of sp³-hybridized carbons (Fsp3) is 0.286. The normalized spacial score (nSPS) is 17.6. The van der Waals surface area contributed by atoms with Gasteiger partial charge in [0.15, 0.2) is 5.69 Å². The average molecular weight is 295 g/mol. The summed E-state index contributed by atoms with van der Waals surface area (Å²) in [5, 5.41) is 7.81. The number of halogens is 3. The van der Waals surface area contributed by atoms with Crippen LogP contribution in [0, 0.1) is 0 Å². The van der Waals surface area contributed by atoms with Crippen LogP contribution in [0.3, 0.4) is 0 Å². The van der Waals surface area contributed by atoms with E-state index in [9.17, 15) is 18.0 Å². The molecule has 0 saturated heterocycles. The van der Waals surface area contributed by atoms with Gasteiger partial charge in [-0.3, -0.25) is 9.89 Å². The summed E-state index contributed by atoms with van der Waals surface area (Å²) in [6.45, 7) is 0. The third-order valence-electron chi connectivity index (χ3n) is 3.61. The molecule has 0 spiro atoms. The fourth-order valence-electron chi connectivity index (χ4n) is 2.62. The number of nitrogens with zero attached hydrogens (tertiary/aromatic N) is 1. The molecule has 1 aliphatic rings. The number of aromatic nitrogens is 2. The van der Waals surface area contributed by atoms with E-state index < -0.39 is 23.3 Å². The monoisotopic (exact) mass is 295 g/mol. The van der Waals surface area contributed by atoms with Crippen LogP contribution in [0.1, 0.15) is 39.6 Å². The summed E-state index contributed by atoms with van der Waals surface area (Å²) in [7, 11) is 0. The quantitative estimate of drug-likeness (QED) is 0.895. The topological polar surface area (TPSA) is 57.8 Å². The van der Waals surface area contributed by atoms with Crippen LogP contribution < -0.4 is 5.32 Å². The van der Waals surface area contributed by atoms with Crippen molar-refractivity contribution in [2.24, 2.45) is 0 Å². The summed E-state index contributed by atoms with van der Waals surface area (Å²) in [6.07, 6.45) is -2.24. The Labute approximate surface area is 118 Å². The van der Waals surface area contributed by atoms with E-state index in [1.165, 1.54) is 0 Å². The highest BCUT2D eigenvalue weighted by Crippen LogP contribution is 2.33. The number of hydrogen-bond acceptors (Lipinski definition) is 2. The van der Waals surface area contributed by atoms with Gasteiger partial charge in [-0.15, -0.1) is 0 Å². The van der Waals surface area contributed by atoms with Crippen LogP contribution in [0.5, 0.6) is 0 Å². The SMILES string of the molecule is O=C(N[C@H]1CCc2ccccc21)c1cn[nH]c1C(F)(F)F. The predicted molar refractivity (Wildman–Crippen MR) is 68.6 cm³/mol. The number of amides is 1. The lowest BCUT2D eigenvalue weighted by molar-refractivity contribution is -0.141. The summed E-state index contributed by atoms with van der Waals surface area (Å²) in [4.78, 5) is 12.1. The highest BCUT2D eigenvalue weighted by molar-refractivity contribution is 5.95. The summed E-state index contributed by atoms with van der Waals surface area (Å²) < 4.78 is 38.2. The number of fused-ring (bicyclic) bond motifs is 1. The molecule has 0 fully saturated rings. The third-order valence-corrected chi connectivity index (χ3v) is 3.61. The number of nitrogens with one attached hydrogen (secondary N) is 2. The number of carbonyl (C=O) groups is 1. The van der Waals surface area contributed by atoms with Crippen molar-refractivity contribution in [3.8, 4) is 0 Å². The van der Waals surface area contributed by atoms with Gasteiger partial charge < -0.3 is 5.32 Å². The largest absolute Gasteiger partial charge is 0.433 e. The summed E-state index contributed by atoms with van der Waals surface area (Å²) in [6, 6.07) is 7.33. The second kappa shape index (κ2) is 4.91. The van der Waals surface area contributed by atoms with Crippen LogP contribution in [0.4, 0.5) is 13.2 Å². The van der Waals surface area contributed by atoms with Crippen molar-refractivity contribution in [3.05, 3.63) is 52.8 Å². The maximum atomic E-state index is 12.7. The second-order valence-electron chi connectivity index (χ2n) is 4.92. The van der Waals surface area contributed by atoms with Crippen LogP contribution in [0.2, 0.25) is 0 Å². The van der Waals surface area contributed by atoms with Gasteiger partial charge >= 0.3 is 6.18 Å². The van der Waals surface area contributed by atoms with Gasteiger partial charge in [0.05, 0.1) is 17.8 Å². The molecule has 3 rings (SSSR count). The lowest BCUT2D eigenvalue weighted by Gasteiger charge is -2.14. The van der Waals surface area contributed by atoms with E-state index in [1.54, 1.807) is 0 Å². The van der Waals surface area contributed by atoms with Gasteiger partial charge in [-0.1, -0.05) is 24.3 Å². The van der Waals surface area contributed by atoms with Gasteiger partial charge in [-0.2, -0.15) is 18.3 Å². The number of hydrogen-bond donors (Lipinski definition) is 2. The number of aryl methyl sites for hydroxylation is 1. The van der Waals surface area contributed by atoms with Crippen LogP contribution >= 0.6 is 0 Å². The molecule has 0 aliphatic heterocycles. The molecular weight excluding hydrogens is 283 g/mol. The maximum Gasteiger partial charge on any atom is 0.433 e. The Morgan fingerprint density at radius 1 is 1.33 bits per heavy atom. The van der Waals surface area contributed by atoms with Crippen molar-refractivity contribution in [2.45, 2.75) is 25.1 Å². The molecule has 1 heterocycles. The molecular formula is C14H12F3N3O. The molecule has 0 unspecified atom stereocenters. The molecule has 0 bridgehead atoms. The minimum absolute atomic E-state index is 0.260. The Morgan fingerprint density at radius 3 is 2.86 bits per heavy atom. The zero-order valence-electron chi connectivity index (χ0n) is 10.9. The Hall–Kier alpha value is -2.31. The van der Waals surface area contributed by atoms with Crippen LogP contribution in [0.15, 0.2) is 30.5 Å². The van der Waals surface area contributed by atoms with Gasteiger partial charge in [0.2, 0.25) is 0 Å². The van der Waals surface area contributed by atoms with Crippen molar-refractivity contribution in [1.82, 2.24) is 15.5 Å². The minimum atomic E-state index is -4.63. The molecule has 1 amide bonds. The predicted octanol–water partition coefficient (Wildman–Crippen LogP) is 2.85. The van der Waals surface area contributed by atoms with E-state index in [2.05, 4.69) is 10.4 Å². The molecule has 1 aromatic carbocycles. The van der Waals surface area contributed by atoms with Crippen molar-refractivity contribution in [2.75, 3.05) is 0 Å². The molecule has 7 heteroatoms. The highest BCUT2D eigenvalue weighted by atomic mass is 19.4. The Bertz CT molecular complexity index is 678. The average Bonchev–Trinajstić information content (AvgIpc) is 3.05.